The first-order valence-electron chi connectivity index (χ1n) is 6.66. The Hall–Kier alpha value is -2.63. The van der Waals surface area contributed by atoms with E-state index in [-0.39, 0.29) is 18.4 Å². The predicted octanol–water partition coefficient (Wildman–Crippen LogP) is 0.0588. The van der Waals surface area contributed by atoms with E-state index in [1.165, 1.54) is 4.90 Å². The Morgan fingerprint density at radius 3 is 2.57 bits per heavy atom. The van der Waals surface area contributed by atoms with Crippen molar-refractivity contribution in [1.82, 2.24) is 10.2 Å². The van der Waals surface area contributed by atoms with Crippen LogP contribution in [0, 0.1) is 0 Å². The molecule has 1 unspecified atom stereocenters. The third-order valence-corrected chi connectivity index (χ3v) is 3.23. The molecule has 0 aromatic heterocycles. The van der Waals surface area contributed by atoms with Crippen molar-refractivity contribution in [2.45, 2.75) is 12.5 Å². The van der Waals surface area contributed by atoms with E-state index >= 15 is 0 Å². The molecule has 0 saturated heterocycles. The van der Waals surface area contributed by atoms with Crippen LogP contribution in [0.1, 0.15) is 16.8 Å². The number of primary amides is 1. The Bertz CT molecular complexity index is 569. The van der Waals surface area contributed by atoms with Crippen LogP contribution in [0.25, 0.3) is 0 Å². The SMILES string of the molecule is NC(=O)CNC(=O)C1CC=CCN1C(=O)c1ccccc1. The average Bonchev–Trinajstić information content (AvgIpc) is 2.52. The van der Waals surface area contributed by atoms with Crippen LogP contribution in [-0.2, 0) is 9.59 Å². The van der Waals surface area contributed by atoms with Crippen LogP contribution < -0.4 is 11.1 Å². The van der Waals surface area contributed by atoms with Crippen molar-refractivity contribution in [3.8, 4) is 0 Å². The van der Waals surface area contributed by atoms with E-state index in [1.807, 2.05) is 18.2 Å². The maximum atomic E-state index is 12.5. The van der Waals surface area contributed by atoms with Crippen molar-refractivity contribution in [3.63, 3.8) is 0 Å². The Labute approximate surface area is 122 Å². The van der Waals surface area contributed by atoms with Crippen LogP contribution in [0.4, 0.5) is 0 Å². The zero-order valence-electron chi connectivity index (χ0n) is 11.5. The second-order valence-corrected chi connectivity index (χ2v) is 4.73. The summed E-state index contributed by atoms with van der Waals surface area (Å²) in [5.41, 5.74) is 5.54. The lowest BCUT2D eigenvalue weighted by molar-refractivity contribution is -0.128. The average molecular weight is 287 g/mol. The zero-order valence-corrected chi connectivity index (χ0v) is 11.5. The largest absolute Gasteiger partial charge is 0.368 e. The van der Waals surface area contributed by atoms with Gasteiger partial charge >= 0.3 is 0 Å². The molecule has 21 heavy (non-hydrogen) atoms. The highest BCUT2D eigenvalue weighted by molar-refractivity contribution is 5.98. The van der Waals surface area contributed by atoms with Crippen LogP contribution in [0.15, 0.2) is 42.5 Å². The van der Waals surface area contributed by atoms with E-state index in [2.05, 4.69) is 5.32 Å². The van der Waals surface area contributed by atoms with E-state index in [4.69, 9.17) is 5.73 Å². The van der Waals surface area contributed by atoms with E-state index < -0.39 is 11.9 Å². The molecule has 0 aliphatic carbocycles. The van der Waals surface area contributed by atoms with Crippen molar-refractivity contribution in [1.29, 1.82) is 0 Å². The number of nitrogens with zero attached hydrogens (tertiary/aromatic N) is 1. The van der Waals surface area contributed by atoms with Gasteiger partial charge in [0.2, 0.25) is 11.8 Å². The molecular formula is C15H17N3O3. The van der Waals surface area contributed by atoms with Gasteiger partial charge in [-0.05, 0) is 18.6 Å². The highest BCUT2D eigenvalue weighted by Gasteiger charge is 2.30. The zero-order chi connectivity index (χ0) is 15.2. The van der Waals surface area contributed by atoms with Crippen molar-refractivity contribution in [2.24, 2.45) is 5.73 Å². The topological polar surface area (TPSA) is 92.5 Å². The Balaban J connectivity index is 2.12. The smallest absolute Gasteiger partial charge is 0.254 e. The lowest BCUT2D eigenvalue weighted by Crippen LogP contribution is -2.51. The number of carbonyl (C=O) groups is 3. The summed E-state index contributed by atoms with van der Waals surface area (Å²) < 4.78 is 0. The number of benzene rings is 1. The second kappa shape index (κ2) is 6.69. The molecule has 1 aromatic rings. The summed E-state index contributed by atoms with van der Waals surface area (Å²) in [4.78, 5) is 36.8. The van der Waals surface area contributed by atoms with Gasteiger partial charge in [-0.3, -0.25) is 14.4 Å². The molecule has 0 radical (unpaired) electrons. The lowest BCUT2D eigenvalue weighted by Gasteiger charge is -2.32. The quantitative estimate of drug-likeness (QED) is 0.767. The summed E-state index contributed by atoms with van der Waals surface area (Å²) in [6.07, 6.45) is 4.12. The van der Waals surface area contributed by atoms with Gasteiger partial charge in [0.15, 0.2) is 0 Å². The molecule has 1 aromatic carbocycles. The van der Waals surface area contributed by atoms with Crippen LogP contribution in [-0.4, -0.2) is 41.8 Å². The summed E-state index contributed by atoms with van der Waals surface area (Å²) in [5, 5.41) is 2.45. The van der Waals surface area contributed by atoms with Crippen molar-refractivity contribution >= 4 is 17.7 Å². The fourth-order valence-corrected chi connectivity index (χ4v) is 2.18. The van der Waals surface area contributed by atoms with Crippen LogP contribution in [0.3, 0.4) is 0 Å². The Kier molecular flexibility index (Phi) is 4.71. The van der Waals surface area contributed by atoms with Gasteiger partial charge in [0.25, 0.3) is 5.91 Å². The van der Waals surface area contributed by atoms with E-state index in [9.17, 15) is 14.4 Å². The molecule has 0 saturated carbocycles. The monoisotopic (exact) mass is 287 g/mol. The standard InChI is InChI=1S/C15H17N3O3/c16-13(19)10-17-14(20)12-8-4-5-9-18(12)15(21)11-6-2-1-3-7-11/h1-7,12H,8-10H2,(H2,16,19)(H,17,20). The number of carbonyl (C=O) groups excluding carboxylic acids is 3. The Morgan fingerprint density at radius 1 is 1.19 bits per heavy atom. The summed E-state index contributed by atoms with van der Waals surface area (Å²) in [7, 11) is 0. The van der Waals surface area contributed by atoms with Gasteiger partial charge in [-0.2, -0.15) is 0 Å². The van der Waals surface area contributed by atoms with Crippen molar-refractivity contribution in [2.75, 3.05) is 13.1 Å². The third-order valence-electron chi connectivity index (χ3n) is 3.23. The van der Waals surface area contributed by atoms with Gasteiger partial charge in [-0.1, -0.05) is 30.4 Å². The molecule has 1 atom stereocenters. The predicted molar refractivity (Wildman–Crippen MR) is 77.2 cm³/mol. The number of nitrogens with one attached hydrogen (secondary N) is 1. The third kappa shape index (κ3) is 3.68. The van der Waals surface area contributed by atoms with Gasteiger partial charge in [0.05, 0.1) is 6.54 Å². The molecule has 0 bridgehead atoms. The molecule has 1 aliphatic heterocycles. The lowest BCUT2D eigenvalue weighted by atomic mass is 10.0. The van der Waals surface area contributed by atoms with E-state index in [1.54, 1.807) is 24.3 Å². The molecule has 1 heterocycles. The highest BCUT2D eigenvalue weighted by atomic mass is 16.2. The molecule has 0 fully saturated rings. The van der Waals surface area contributed by atoms with Gasteiger partial charge in [0.1, 0.15) is 6.04 Å². The van der Waals surface area contributed by atoms with E-state index in [0.717, 1.165) is 0 Å². The minimum atomic E-state index is -0.623. The summed E-state index contributed by atoms with van der Waals surface area (Å²) in [6.45, 7) is 0.134. The summed E-state index contributed by atoms with van der Waals surface area (Å²) in [6, 6.07) is 8.16. The van der Waals surface area contributed by atoms with Crippen molar-refractivity contribution in [3.05, 3.63) is 48.0 Å². The van der Waals surface area contributed by atoms with Crippen LogP contribution >= 0.6 is 0 Å². The minimum absolute atomic E-state index is 0.209. The molecule has 3 amide bonds. The normalized spacial score (nSPS) is 17.3. The van der Waals surface area contributed by atoms with Gasteiger partial charge in [-0.25, -0.2) is 0 Å². The van der Waals surface area contributed by atoms with Crippen molar-refractivity contribution < 1.29 is 14.4 Å². The summed E-state index contributed by atoms with van der Waals surface area (Å²) in [5.74, 6) is -1.20. The molecule has 1 aliphatic rings. The number of hydrogen-bond donors (Lipinski definition) is 2. The molecule has 0 spiro atoms. The first kappa shape index (κ1) is 14.8. The molecule has 110 valence electrons. The maximum Gasteiger partial charge on any atom is 0.254 e. The molecule has 2 rings (SSSR count). The second-order valence-electron chi connectivity index (χ2n) is 4.73. The van der Waals surface area contributed by atoms with E-state index in [0.29, 0.717) is 18.5 Å². The maximum absolute atomic E-state index is 12.5. The number of amides is 3. The Morgan fingerprint density at radius 2 is 1.90 bits per heavy atom. The number of hydrogen-bond acceptors (Lipinski definition) is 3. The van der Waals surface area contributed by atoms with Crippen LogP contribution in [0.2, 0.25) is 0 Å². The molecular weight excluding hydrogens is 270 g/mol. The van der Waals surface area contributed by atoms with Gasteiger partial charge < -0.3 is 16.0 Å². The number of nitrogens with two attached hydrogens (primary N) is 1. The fraction of sp³-hybridized carbons (Fsp3) is 0.267. The molecule has 6 heteroatoms. The first-order chi connectivity index (χ1) is 10.1. The summed E-state index contributed by atoms with van der Waals surface area (Å²) >= 11 is 0. The first-order valence-corrected chi connectivity index (χ1v) is 6.66. The minimum Gasteiger partial charge on any atom is -0.368 e. The fourth-order valence-electron chi connectivity index (χ4n) is 2.18. The number of rotatable bonds is 4. The molecule has 6 nitrogen and oxygen atoms in total. The van der Waals surface area contributed by atoms with Gasteiger partial charge in [0, 0.05) is 12.1 Å². The molecule has 3 N–H and O–H groups in total. The highest BCUT2D eigenvalue weighted by Crippen LogP contribution is 2.15. The van der Waals surface area contributed by atoms with Crippen LogP contribution in [0.5, 0.6) is 0 Å². The van der Waals surface area contributed by atoms with Gasteiger partial charge in [-0.15, -0.1) is 0 Å².